The minimum Gasteiger partial charge on any atom is -0.492 e. The summed E-state index contributed by atoms with van der Waals surface area (Å²) >= 11 is 0. The van der Waals surface area contributed by atoms with Crippen LogP contribution in [0, 0.1) is 11.6 Å². The number of rotatable bonds is 6. The Kier molecular flexibility index (Phi) is 10.2. The van der Waals surface area contributed by atoms with E-state index < -0.39 is 11.6 Å². The highest BCUT2D eigenvalue weighted by Gasteiger charge is 2.30. The number of carbonyl (C=O) groups is 1. The molecular weight excluding hydrogens is 519 g/mol. The number of carbonyl (C=O) groups excluding carboxylic acids is 1. The highest BCUT2D eigenvalue weighted by Crippen LogP contribution is 2.15. The molecule has 10 heteroatoms. The number of nitrogens with one attached hydrogen (secondary N) is 1. The Balaban J connectivity index is 0.00000341. The van der Waals surface area contributed by atoms with Gasteiger partial charge >= 0.3 is 0 Å². The number of likely N-dealkylation sites (tertiary alicyclic amines) is 1. The molecule has 2 aliphatic rings. The molecule has 174 valence electrons. The van der Waals surface area contributed by atoms with Gasteiger partial charge in [0, 0.05) is 52.4 Å². The maximum Gasteiger partial charge on any atom is 0.239 e. The summed E-state index contributed by atoms with van der Waals surface area (Å²) in [7, 11) is 1.73. The number of guanidine groups is 1. The minimum atomic E-state index is -0.924. The summed E-state index contributed by atoms with van der Waals surface area (Å²) in [6, 6.07) is 3.39. The molecule has 2 saturated heterocycles. The fraction of sp³-hybridized carbons (Fsp3) is 0.619. The summed E-state index contributed by atoms with van der Waals surface area (Å²) in [6.45, 7) is 7.70. The molecule has 0 bridgehead atoms. The van der Waals surface area contributed by atoms with Crippen molar-refractivity contribution < 1.29 is 18.3 Å². The van der Waals surface area contributed by atoms with Crippen molar-refractivity contribution in [2.75, 3.05) is 59.5 Å². The molecule has 7 nitrogen and oxygen atoms in total. The lowest BCUT2D eigenvalue weighted by molar-refractivity contribution is -0.135. The second kappa shape index (κ2) is 12.4. The summed E-state index contributed by atoms with van der Waals surface area (Å²) in [4.78, 5) is 23.3. The molecule has 1 aromatic rings. The summed E-state index contributed by atoms with van der Waals surface area (Å²) in [5.74, 6) is -0.529. The predicted molar refractivity (Wildman–Crippen MR) is 127 cm³/mol. The third-order valence-corrected chi connectivity index (χ3v) is 5.69. The average Bonchev–Trinajstić information content (AvgIpc) is 3.30. The monoisotopic (exact) mass is 551 g/mol. The molecule has 1 amide bonds. The third-order valence-electron chi connectivity index (χ3n) is 5.69. The van der Waals surface area contributed by atoms with E-state index in [0.717, 1.165) is 70.2 Å². The molecule has 2 heterocycles. The van der Waals surface area contributed by atoms with E-state index in [1.165, 1.54) is 6.07 Å². The van der Waals surface area contributed by atoms with Crippen molar-refractivity contribution in [1.82, 2.24) is 20.0 Å². The van der Waals surface area contributed by atoms with Gasteiger partial charge < -0.3 is 19.9 Å². The van der Waals surface area contributed by atoms with Crippen LogP contribution in [0.4, 0.5) is 8.78 Å². The van der Waals surface area contributed by atoms with E-state index in [4.69, 9.17) is 4.74 Å². The highest BCUT2D eigenvalue weighted by atomic mass is 127. The number of hydrogen-bond donors (Lipinski definition) is 1. The number of hydrogen-bond acceptors (Lipinski definition) is 4. The van der Waals surface area contributed by atoms with E-state index in [1.54, 1.807) is 7.05 Å². The molecule has 0 radical (unpaired) electrons. The van der Waals surface area contributed by atoms with Crippen molar-refractivity contribution in [2.45, 2.75) is 25.8 Å². The van der Waals surface area contributed by atoms with Gasteiger partial charge in [-0.1, -0.05) is 0 Å². The topological polar surface area (TPSA) is 60.4 Å². The SMILES string of the molecule is CN=C(NCCOc1ccc(F)c(F)c1)N1CCN(C(C)C(=O)N2CCCC2)CC1.I. The number of ether oxygens (including phenoxy) is 1. The van der Waals surface area contributed by atoms with Crippen LogP contribution >= 0.6 is 24.0 Å². The van der Waals surface area contributed by atoms with Gasteiger partial charge in [-0.05, 0) is 31.9 Å². The number of aliphatic imine (C=N–C) groups is 1. The van der Waals surface area contributed by atoms with Gasteiger partial charge in [0.05, 0.1) is 12.6 Å². The summed E-state index contributed by atoms with van der Waals surface area (Å²) in [6.07, 6.45) is 2.21. The van der Waals surface area contributed by atoms with Gasteiger partial charge in [-0.15, -0.1) is 24.0 Å². The molecule has 0 aromatic heterocycles. The van der Waals surface area contributed by atoms with Gasteiger partial charge in [-0.25, -0.2) is 8.78 Å². The van der Waals surface area contributed by atoms with Crippen LogP contribution in [0.15, 0.2) is 23.2 Å². The van der Waals surface area contributed by atoms with Gasteiger partial charge in [-0.2, -0.15) is 0 Å². The van der Waals surface area contributed by atoms with Crippen LogP contribution in [0.1, 0.15) is 19.8 Å². The van der Waals surface area contributed by atoms with Gasteiger partial charge in [0.25, 0.3) is 0 Å². The molecule has 0 saturated carbocycles. The Hall–Kier alpha value is -1.69. The van der Waals surface area contributed by atoms with E-state index >= 15 is 0 Å². The van der Waals surface area contributed by atoms with Gasteiger partial charge in [0.15, 0.2) is 17.6 Å². The molecule has 1 unspecified atom stereocenters. The van der Waals surface area contributed by atoms with Crippen LogP contribution in [0.25, 0.3) is 0 Å². The van der Waals surface area contributed by atoms with Crippen LogP contribution in [-0.4, -0.2) is 92.1 Å². The molecule has 2 aliphatic heterocycles. The van der Waals surface area contributed by atoms with Crippen molar-refractivity contribution in [3.63, 3.8) is 0 Å². The Morgan fingerprint density at radius 2 is 1.77 bits per heavy atom. The van der Waals surface area contributed by atoms with Crippen LogP contribution < -0.4 is 10.1 Å². The quantitative estimate of drug-likeness (QED) is 0.254. The van der Waals surface area contributed by atoms with E-state index in [9.17, 15) is 13.6 Å². The smallest absolute Gasteiger partial charge is 0.239 e. The minimum absolute atomic E-state index is 0. The molecule has 1 atom stereocenters. The van der Waals surface area contributed by atoms with Crippen molar-refractivity contribution in [1.29, 1.82) is 0 Å². The van der Waals surface area contributed by atoms with Gasteiger partial charge in [0.2, 0.25) is 5.91 Å². The summed E-state index contributed by atoms with van der Waals surface area (Å²) < 4.78 is 31.6. The fourth-order valence-electron chi connectivity index (χ4n) is 3.91. The van der Waals surface area contributed by atoms with Crippen LogP contribution in [-0.2, 0) is 4.79 Å². The average molecular weight is 551 g/mol. The zero-order valence-corrected chi connectivity index (χ0v) is 20.5. The Morgan fingerprint density at radius 3 is 2.39 bits per heavy atom. The normalized spacial score (nSPS) is 18.5. The van der Waals surface area contributed by atoms with Crippen molar-refractivity contribution in [2.24, 2.45) is 4.99 Å². The van der Waals surface area contributed by atoms with E-state index in [2.05, 4.69) is 20.1 Å². The number of halogens is 3. The number of benzene rings is 1. The number of amides is 1. The maximum absolute atomic E-state index is 13.2. The van der Waals surface area contributed by atoms with Crippen LogP contribution in [0.5, 0.6) is 5.75 Å². The summed E-state index contributed by atoms with van der Waals surface area (Å²) in [5, 5.41) is 3.24. The van der Waals surface area contributed by atoms with Crippen molar-refractivity contribution in [3.05, 3.63) is 29.8 Å². The molecular formula is C21H32F2IN5O2. The Morgan fingerprint density at radius 1 is 1.10 bits per heavy atom. The fourth-order valence-corrected chi connectivity index (χ4v) is 3.91. The third kappa shape index (κ3) is 6.90. The molecule has 1 N–H and O–H groups in total. The second-order valence-corrected chi connectivity index (χ2v) is 7.63. The zero-order chi connectivity index (χ0) is 21.5. The zero-order valence-electron chi connectivity index (χ0n) is 18.1. The van der Waals surface area contributed by atoms with Crippen LogP contribution in [0.3, 0.4) is 0 Å². The lowest BCUT2D eigenvalue weighted by atomic mass is 10.2. The maximum atomic E-state index is 13.2. The van der Waals surface area contributed by atoms with Crippen LogP contribution in [0.2, 0.25) is 0 Å². The number of nitrogens with zero attached hydrogens (tertiary/aromatic N) is 4. The van der Waals surface area contributed by atoms with E-state index in [1.807, 2.05) is 11.8 Å². The lowest BCUT2D eigenvalue weighted by Gasteiger charge is -2.39. The first-order valence-corrected chi connectivity index (χ1v) is 10.6. The molecule has 0 aliphatic carbocycles. The molecule has 3 rings (SSSR count). The molecule has 2 fully saturated rings. The number of piperazine rings is 1. The summed E-state index contributed by atoms with van der Waals surface area (Å²) in [5.41, 5.74) is 0. The van der Waals surface area contributed by atoms with E-state index in [0.29, 0.717) is 13.2 Å². The lowest BCUT2D eigenvalue weighted by Crippen LogP contribution is -2.57. The standard InChI is InChI=1S/C21H31F2N5O2.HI/c1-16(20(29)27-8-3-4-9-27)26-10-12-28(13-11-26)21(24-2)25-7-14-30-17-5-6-18(22)19(23)15-17;/h5-6,15-16H,3-4,7-14H2,1-2H3,(H,24,25);1H. The molecule has 1 aromatic carbocycles. The first kappa shape index (κ1) is 25.6. The Labute approximate surface area is 199 Å². The largest absolute Gasteiger partial charge is 0.492 e. The van der Waals surface area contributed by atoms with Crippen molar-refractivity contribution >= 4 is 35.8 Å². The Bertz CT molecular complexity index is 753. The second-order valence-electron chi connectivity index (χ2n) is 7.63. The first-order chi connectivity index (χ1) is 14.5. The van der Waals surface area contributed by atoms with Gasteiger partial charge in [-0.3, -0.25) is 14.7 Å². The van der Waals surface area contributed by atoms with Gasteiger partial charge in [0.1, 0.15) is 12.4 Å². The highest BCUT2D eigenvalue weighted by molar-refractivity contribution is 14.0. The van der Waals surface area contributed by atoms with E-state index in [-0.39, 0.29) is 41.7 Å². The molecule has 0 spiro atoms. The first-order valence-electron chi connectivity index (χ1n) is 10.6. The predicted octanol–water partition coefficient (Wildman–Crippen LogP) is 2.17. The van der Waals surface area contributed by atoms with Crippen molar-refractivity contribution in [3.8, 4) is 5.75 Å². The molecule has 31 heavy (non-hydrogen) atoms.